The normalized spacial score (nSPS) is 27.0. The number of ketones is 1. The number of benzene rings is 5. The number of hydrogen-bond donors (Lipinski definition) is 0. The van der Waals surface area contributed by atoms with E-state index in [2.05, 4.69) is 6.58 Å². The molecule has 12 heteroatoms. The Kier molecular flexibility index (Phi) is 15.9. The first kappa shape index (κ1) is 44.5. The summed E-state index contributed by atoms with van der Waals surface area (Å²) in [6.45, 7) is 5.02. The topological polar surface area (TPSA) is 119 Å². The van der Waals surface area contributed by atoms with E-state index < -0.39 is 67.4 Å². The smallest absolute Gasteiger partial charge is 0.221 e. The van der Waals surface area contributed by atoms with Gasteiger partial charge in [-0.05, 0) is 34.4 Å². The van der Waals surface area contributed by atoms with Crippen molar-refractivity contribution in [3.8, 4) is 5.75 Å². The molecule has 5 aromatic carbocycles. The van der Waals surface area contributed by atoms with Gasteiger partial charge in [0, 0.05) is 5.56 Å². The van der Waals surface area contributed by atoms with Gasteiger partial charge in [-0.3, -0.25) is 4.79 Å². The monoisotopic (exact) mass is 858 g/mol. The second-order valence-corrected chi connectivity index (χ2v) is 15.5. The van der Waals surface area contributed by atoms with Crippen LogP contribution in [0.2, 0.25) is 0 Å². The molecule has 3 aliphatic heterocycles. The minimum absolute atomic E-state index is 0.0348. The molecule has 0 bridgehead atoms. The number of carbonyl (C=O) groups is 1. The summed E-state index contributed by atoms with van der Waals surface area (Å²) in [6, 6.07) is 46.4. The molecule has 330 valence electrons. The molecule has 0 N–H and O–H groups in total. The van der Waals surface area contributed by atoms with Crippen molar-refractivity contribution in [3.05, 3.63) is 186 Å². The maximum Gasteiger partial charge on any atom is 0.221 e. The Morgan fingerprint density at radius 1 is 0.619 bits per heavy atom. The van der Waals surface area contributed by atoms with Crippen molar-refractivity contribution in [1.82, 2.24) is 0 Å². The lowest BCUT2D eigenvalue weighted by Crippen LogP contribution is -2.66. The third-order valence-electron chi connectivity index (χ3n) is 11.0. The molecular weight excluding hydrogens is 805 g/mol. The van der Waals surface area contributed by atoms with E-state index in [1.54, 1.807) is 13.2 Å². The average molecular weight is 859 g/mol. The van der Waals surface area contributed by atoms with Crippen LogP contribution in [-0.2, 0) is 78.6 Å². The van der Waals surface area contributed by atoms with Crippen LogP contribution in [0.1, 0.15) is 34.1 Å². The van der Waals surface area contributed by atoms with Crippen LogP contribution in [0.3, 0.4) is 0 Å². The first-order chi connectivity index (χ1) is 31.1. The standard InChI is InChI=1S/C51H54O12/c1-3-28-55-51-48(58-32-37-20-12-6-13-21-37)47(57-31-36-18-10-5-11-19-36)45(41(61-51)33-54-29-38-24-26-40(53-2)27-25-38)63-50-43(52)46(56-30-35-16-8-4-9-17-35)44-42(60-50)34-59-49(62-44)39-22-14-7-15-23-39/h3-27,41-42,44-51H,1,28-34H2,2H3/t41-,42-,44-,45-,46-,47+,48-,49-,50+,51-/m1/s1. The van der Waals surface area contributed by atoms with E-state index in [1.807, 2.05) is 146 Å². The van der Waals surface area contributed by atoms with Gasteiger partial charge < -0.3 is 52.1 Å². The van der Waals surface area contributed by atoms with Crippen LogP contribution in [0.25, 0.3) is 0 Å². The Morgan fingerprint density at radius 3 is 1.79 bits per heavy atom. The van der Waals surface area contributed by atoms with Crippen molar-refractivity contribution in [2.75, 3.05) is 26.9 Å². The molecule has 63 heavy (non-hydrogen) atoms. The molecule has 3 saturated heterocycles. The fourth-order valence-corrected chi connectivity index (χ4v) is 7.80. The van der Waals surface area contributed by atoms with Gasteiger partial charge in [-0.25, -0.2) is 0 Å². The maximum absolute atomic E-state index is 14.9. The van der Waals surface area contributed by atoms with Gasteiger partial charge in [-0.1, -0.05) is 140 Å². The highest BCUT2D eigenvalue weighted by molar-refractivity contribution is 5.87. The molecule has 8 rings (SSSR count). The van der Waals surface area contributed by atoms with Gasteiger partial charge in [0.15, 0.2) is 18.7 Å². The summed E-state index contributed by atoms with van der Waals surface area (Å²) >= 11 is 0. The molecule has 3 heterocycles. The minimum Gasteiger partial charge on any atom is -0.497 e. The van der Waals surface area contributed by atoms with Gasteiger partial charge in [0.25, 0.3) is 0 Å². The van der Waals surface area contributed by atoms with Crippen LogP contribution in [-0.4, -0.2) is 88.0 Å². The predicted octanol–water partition coefficient (Wildman–Crippen LogP) is 7.69. The van der Waals surface area contributed by atoms with E-state index in [9.17, 15) is 4.79 Å². The Labute approximate surface area is 368 Å². The summed E-state index contributed by atoms with van der Waals surface area (Å²) in [6.07, 6.45) is -7.59. The first-order valence-electron chi connectivity index (χ1n) is 21.3. The number of fused-ring (bicyclic) bond motifs is 1. The zero-order chi connectivity index (χ0) is 43.2. The Bertz CT molecular complexity index is 2120. The number of hydrogen-bond acceptors (Lipinski definition) is 12. The molecule has 0 saturated carbocycles. The van der Waals surface area contributed by atoms with Gasteiger partial charge in [0.05, 0.1) is 53.4 Å². The lowest BCUT2D eigenvalue weighted by Gasteiger charge is -2.48. The summed E-state index contributed by atoms with van der Waals surface area (Å²) in [5, 5.41) is 0. The first-order valence-corrected chi connectivity index (χ1v) is 21.3. The van der Waals surface area contributed by atoms with Gasteiger partial charge >= 0.3 is 0 Å². The number of methoxy groups -OCH3 is 1. The molecule has 3 aliphatic rings. The number of Topliss-reactive ketones (excluding diaryl/α,β-unsaturated/α-hetero) is 1. The van der Waals surface area contributed by atoms with Crippen molar-refractivity contribution in [2.45, 2.75) is 88.0 Å². The summed E-state index contributed by atoms with van der Waals surface area (Å²) in [4.78, 5) is 14.9. The fourth-order valence-electron chi connectivity index (χ4n) is 7.80. The van der Waals surface area contributed by atoms with Crippen LogP contribution >= 0.6 is 0 Å². The second kappa shape index (κ2) is 22.5. The minimum atomic E-state index is -1.44. The molecule has 3 fully saturated rings. The summed E-state index contributed by atoms with van der Waals surface area (Å²) in [5.74, 6) is 0.284. The van der Waals surface area contributed by atoms with Crippen LogP contribution < -0.4 is 4.74 Å². The molecule has 0 radical (unpaired) electrons. The molecule has 10 atom stereocenters. The van der Waals surface area contributed by atoms with Crippen LogP contribution in [0.5, 0.6) is 5.75 Å². The van der Waals surface area contributed by atoms with Crippen molar-refractivity contribution in [1.29, 1.82) is 0 Å². The number of ether oxygens (including phenoxy) is 11. The quantitative estimate of drug-likeness (QED) is 0.0715. The second-order valence-electron chi connectivity index (χ2n) is 15.5. The van der Waals surface area contributed by atoms with Crippen LogP contribution in [0, 0.1) is 0 Å². The molecule has 0 unspecified atom stereocenters. The molecule has 0 aromatic heterocycles. The lowest BCUT2D eigenvalue weighted by molar-refractivity contribution is -0.360. The number of rotatable bonds is 20. The van der Waals surface area contributed by atoms with Crippen molar-refractivity contribution in [2.24, 2.45) is 0 Å². The van der Waals surface area contributed by atoms with E-state index >= 15 is 0 Å². The van der Waals surface area contributed by atoms with E-state index in [0.717, 1.165) is 33.6 Å². The highest BCUT2D eigenvalue weighted by atomic mass is 16.8. The Hall–Kier alpha value is -5.09. The highest BCUT2D eigenvalue weighted by Gasteiger charge is 2.55. The van der Waals surface area contributed by atoms with Crippen molar-refractivity contribution in [3.63, 3.8) is 0 Å². The summed E-state index contributed by atoms with van der Waals surface area (Å²) in [5.41, 5.74) is 4.49. The summed E-state index contributed by atoms with van der Waals surface area (Å²) in [7, 11) is 1.62. The van der Waals surface area contributed by atoms with E-state index in [1.165, 1.54) is 0 Å². The van der Waals surface area contributed by atoms with E-state index in [-0.39, 0.29) is 46.2 Å². The molecule has 0 aliphatic carbocycles. The van der Waals surface area contributed by atoms with Crippen LogP contribution in [0.15, 0.2) is 158 Å². The molecule has 0 amide bonds. The largest absolute Gasteiger partial charge is 0.497 e. The fraction of sp³-hybridized carbons (Fsp3) is 0.353. The van der Waals surface area contributed by atoms with Gasteiger partial charge in [-0.2, -0.15) is 0 Å². The van der Waals surface area contributed by atoms with Crippen LogP contribution in [0.4, 0.5) is 0 Å². The van der Waals surface area contributed by atoms with Crippen molar-refractivity contribution < 1.29 is 56.9 Å². The third-order valence-corrected chi connectivity index (χ3v) is 11.0. The molecule has 0 spiro atoms. The summed E-state index contributed by atoms with van der Waals surface area (Å²) < 4.78 is 70.9. The highest BCUT2D eigenvalue weighted by Crippen LogP contribution is 2.37. The Morgan fingerprint density at radius 2 is 1.19 bits per heavy atom. The van der Waals surface area contributed by atoms with Gasteiger partial charge in [0.2, 0.25) is 12.1 Å². The number of carbonyl (C=O) groups excluding carboxylic acids is 1. The molecular formula is C51H54O12. The predicted molar refractivity (Wildman–Crippen MR) is 231 cm³/mol. The van der Waals surface area contributed by atoms with E-state index in [4.69, 9.17) is 52.1 Å². The lowest BCUT2D eigenvalue weighted by atomic mass is 9.96. The van der Waals surface area contributed by atoms with E-state index in [0.29, 0.717) is 0 Å². The average Bonchev–Trinajstić information content (AvgIpc) is 3.34. The SMILES string of the molecule is C=CCO[C@@H]1O[C@H](COCc2ccc(OC)cc2)[C@@H](O[C@@H]2O[C@@H]3CO[C@@H](c4ccccc4)O[C@H]3[C@H](OCc3ccccc3)C2=O)[C@H](OCc2ccccc2)[C@H]1OCc1ccccc1. The maximum atomic E-state index is 14.9. The van der Waals surface area contributed by atoms with Crippen molar-refractivity contribution >= 4 is 5.78 Å². The molecule has 12 nitrogen and oxygen atoms in total. The van der Waals surface area contributed by atoms with Gasteiger partial charge in [-0.15, -0.1) is 6.58 Å². The third kappa shape index (κ3) is 11.7. The Balaban J connectivity index is 1.11. The molecule has 5 aromatic rings. The zero-order valence-electron chi connectivity index (χ0n) is 35.3. The zero-order valence-corrected chi connectivity index (χ0v) is 35.3. The van der Waals surface area contributed by atoms with Gasteiger partial charge in [0.1, 0.15) is 42.4 Å².